The second kappa shape index (κ2) is 6.55. The fraction of sp³-hybridized carbons (Fsp3) is 0.250. The van der Waals surface area contributed by atoms with Gasteiger partial charge in [-0.1, -0.05) is 12.1 Å². The van der Waals surface area contributed by atoms with Crippen molar-refractivity contribution in [2.24, 2.45) is 0 Å². The van der Waals surface area contributed by atoms with E-state index in [-0.39, 0.29) is 5.56 Å². The Morgan fingerprint density at radius 2 is 1.00 bits per heavy atom. The van der Waals surface area contributed by atoms with E-state index in [0.717, 1.165) is 0 Å². The molecule has 2 aromatic rings. The minimum absolute atomic E-state index is 0.0885. The highest BCUT2D eigenvalue weighted by atomic mass is 19.2. The Morgan fingerprint density at radius 1 is 0.650 bits per heavy atom. The summed E-state index contributed by atoms with van der Waals surface area (Å²) in [7, 11) is 0. The van der Waals surface area contributed by atoms with E-state index in [1.807, 2.05) is 0 Å². The van der Waals surface area contributed by atoms with E-state index >= 15 is 0 Å². The van der Waals surface area contributed by atoms with Gasteiger partial charge in [-0.05, 0) is 56.5 Å². The van der Waals surface area contributed by atoms with Crippen molar-refractivity contribution in [3.8, 4) is 0 Å². The molecule has 0 fully saturated rings. The molecule has 2 aromatic carbocycles. The molecule has 0 amide bonds. The number of benzene rings is 2. The molecule has 4 heteroatoms. The lowest BCUT2D eigenvalue weighted by atomic mass is 10.1. The van der Waals surface area contributed by atoms with Crippen molar-refractivity contribution in [2.45, 2.75) is 27.7 Å². The number of hydrogen-bond donors (Lipinski definition) is 0. The Kier molecular flexibility index (Phi) is 5.31. The number of hydrogen-bond acceptors (Lipinski definition) is 0. The maximum absolute atomic E-state index is 12.6. The minimum Gasteiger partial charge on any atom is -0.207 e. The van der Waals surface area contributed by atoms with Gasteiger partial charge in [0.1, 0.15) is 11.6 Å². The van der Waals surface area contributed by atoms with Crippen LogP contribution in [-0.2, 0) is 0 Å². The topological polar surface area (TPSA) is 0 Å². The van der Waals surface area contributed by atoms with Gasteiger partial charge in [-0.15, -0.1) is 0 Å². The Bertz CT molecular complexity index is 568. The molecule has 0 aliphatic carbocycles. The second-order valence-electron chi connectivity index (χ2n) is 4.68. The van der Waals surface area contributed by atoms with Crippen LogP contribution in [-0.4, -0.2) is 0 Å². The van der Waals surface area contributed by atoms with Crippen LogP contribution >= 0.6 is 0 Å². The van der Waals surface area contributed by atoms with E-state index in [0.29, 0.717) is 16.7 Å². The molecule has 0 aliphatic heterocycles. The predicted octanol–water partition coefficient (Wildman–Crippen LogP) is 5.16. The van der Waals surface area contributed by atoms with E-state index < -0.39 is 23.3 Å². The summed E-state index contributed by atoms with van der Waals surface area (Å²) in [6, 6.07) is 5.76. The van der Waals surface area contributed by atoms with E-state index in [1.165, 1.54) is 32.9 Å². The Morgan fingerprint density at radius 3 is 1.35 bits per heavy atom. The van der Waals surface area contributed by atoms with Crippen molar-refractivity contribution < 1.29 is 17.6 Å². The highest BCUT2D eigenvalue weighted by molar-refractivity contribution is 5.24. The van der Waals surface area contributed by atoms with Gasteiger partial charge in [0.15, 0.2) is 11.6 Å². The van der Waals surface area contributed by atoms with E-state index in [1.54, 1.807) is 19.1 Å². The van der Waals surface area contributed by atoms with Crippen molar-refractivity contribution in [3.63, 3.8) is 0 Å². The average Bonchev–Trinajstić information content (AvgIpc) is 2.39. The molecule has 0 heterocycles. The van der Waals surface area contributed by atoms with Gasteiger partial charge < -0.3 is 0 Å². The molecular weight excluding hydrogens is 268 g/mol. The average molecular weight is 284 g/mol. The van der Waals surface area contributed by atoms with Crippen LogP contribution in [0.15, 0.2) is 24.3 Å². The van der Waals surface area contributed by atoms with Gasteiger partial charge in [-0.25, -0.2) is 17.6 Å². The zero-order valence-corrected chi connectivity index (χ0v) is 11.8. The van der Waals surface area contributed by atoms with Gasteiger partial charge in [0, 0.05) is 5.56 Å². The number of halogens is 4. The van der Waals surface area contributed by atoms with Crippen molar-refractivity contribution in [1.82, 2.24) is 0 Å². The third-order valence-electron chi connectivity index (χ3n) is 2.89. The Balaban J connectivity index is 0.000000200. The smallest absolute Gasteiger partial charge is 0.161 e. The third-order valence-corrected chi connectivity index (χ3v) is 2.89. The Labute approximate surface area is 116 Å². The first-order valence-corrected chi connectivity index (χ1v) is 6.07. The van der Waals surface area contributed by atoms with E-state index in [2.05, 4.69) is 0 Å². The van der Waals surface area contributed by atoms with Gasteiger partial charge in [0.05, 0.1) is 0 Å². The van der Waals surface area contributed by atoms with Crippen LogP contribution in [0.4, 0.5) is 17.6 Å². The summed E-state index contributed by atoms with van der Waals surface area (Å²) in [6.45, 7) is 6.16. The first-order valence-electron chi connectivity index (χ1n) is 6.07. The molecule has 0 nitrogen and oxygen atoms in total. The first-order chi connectivity index (χ1) is 9.23. The standard InChI is InChI=1S/2C8H8F2/c1-5-3-7(9)6(2)8(10)4-5;1-5-3-4-6(2)8(10)7(5)9/h2*3-4H,1-2H3. The largest absolute Gasteiger partial charge is 0.207 e. The molecule has 0 aliphatic rings. The molecule has 0 unspecified atom stereocenters. The summed E-state index contributed by atoms with van der Waals surface area (Å²) in [6.07, 6.45) is 0. The lowest BCUT2D eigenvalue weighted by Gasteiger charge is -1.99. The third kappa shape index (κ3) is 3.83. The molecule has 0 saturated carbocycles. The zero-order valence-electron chi connectivity index (χ0n) is 11.8. The predicted molar refractivity (Wildman–Crippen MR) is 71.7 cm³/mol. The van der Waals surface area contributed by atoms with Crippen LogP contribution in [0, 0.1) is 51.0 Å². The van der Waals surface area contributed by atoms with Crippen LogP contribution in [0.1, 0.15) is 22.3 Å². The van der Waals surface area contributed by atoms with Gasteiger partial charge in [-0.2, -0.15) is 0 Å². The molecule has 108 valence electrons. The summed E-state index contributed by atoms with van der Waals surface area (Å²) in [5.41, 5.74) is 1.40. The normalized spacial score (nSPS) is 10.0. The van der Waals surface area contributed by atoms with Crippen LogP contribution in [0.25, 0.3) is 0 Å². The quantitative estimate of drug-likeness (QED) is 0.586. The van der Waals surface area contributed by atoms with Crippen LogP contribution in [0.2, 0.25) is 0 Å². The molecule has 0 bridgehead atoms. The second-order valence-corrected chi connectivity index (χ2v) is 4.68. The molecule has 0 saturated heterocycles. The summed E-state index contributed by atoms with van der Waals surface area (Å²) < 4.78 is 50.4. The van der Waals surface area contributed by atoms with E-state index in [9.17, 15) is 17.6 Å². The zero-order chi connectivity index (χ0) is 15.4. The molecular formula is C16H16F4. The first kappa shape index (κ1) is 16.2. The molecule has 0 N–H and O–H groups in total. The minimum atomic E-state index is -0.736. The fourth-order valence-electron chi connectivity index (χ4n) is 1.51. The maximum atomic E-state index is 12.6. The molecule has 0 spiro atoms. The summed E-state index contributed by atoms with van der Waals surface area (Å²) >= 11 is 0. The van der Waals surface area contributed by atoms with Crippen molar-refractivity contribution in [1.29, 1.82) is 0 Å². The SMILES string of the molecule is Cc1cc(F)c(C)c(F)c1.Cc1ccc(C)c(F)c1F. The monoisotopic (exact) mass is 284 g/mol. The molecule has 20 heavy (non-hydrogen) atoms. The molecule has 0 atom stereocenters. The van der Waals surface area contributed by atoms with Crippen molar-refractivity contribution >= 4 is 0 Å². The van der Waals surface area contributed by atoms with Crippen LogP contribution < -0.4 is 0 Å². The van der Waals surface area contributed by atoms with Gasteiger partial charge in [0.2, 0.25) is 0 Å². The van der Waals surface area contributed by atoms with Crippen LogP contribution in [0.5, 0.6) is 0 Å². The Hall–Kier alpha value is -1.84. The fourth-order valence-corrected chi connectivity index (χ4v) is 1.51. The summed E-state index contributed by atoms with van der Waals surface area (Å²) in [5, 5.41) is 0. The summed E-state index contributed by atoms with van der Waals surface area (Å²) in [5.74, 6) is -2.42. The van der Waals surface area contributed by atoms with Crippen LogP contribution in [0.3, 0.4) is 0 Å². The lowest BCUT2D eigenvalue weighted by molar-refractivity contribution is 0.497. The van der Waals surface area contributed by atoms with Crippen molar-refractivity contribution in [2.75, 3.05) is 0 Å². The highest BCUT2D eigenvalue weighted by Gasteiger charge is 2.06. The van der Waals surface area contributed by atoms with Crippen molar-refractivity contribution in [3.05, 3.63) is 69.8 Å². The van der Waals surface area contributed by atoms with Gasteiger partial charge in [-0.3, -0.25) is 0 Å². The molecule has 0 aromatic heterocycles. The molecule has 0 radical (unpaired) electrons. The lowest BCUT2D eigenvalue weighted by Crippen LogP contribution is -1.91. The maximum Gasteiger partial charge on any atom is 0.161 e. The van der Waals surface area contributed by atoms with Gasteiger partial charge in [0.25, 0.3) is 0 Å². The van der Waals surface area contributed by atoms with E-state index in [4.69, 9.17) is 0 Å². The highest BCUT2D eigenvalue weighted by Crippen LogP contribution is 2.14. The van der Waals surface area contributed by atoms with Gasteiger partial charge >= 0.3 is 0 Å². The number of rotatable bonds is 0. The number of aryl methyl sites for hydroxylation is 3. The molecule has 2 rings (SSSR count). The summed E-state index contributed by atoms with van der Waals surface area (Å²) in [4.78, 5) is 0.